The smallest absolute Gasteiger partial charge is 0.325 e. The lowest BCUT2D eigenvalue weighted by Gasteiger charge is -2.16. The molecule has 0 unspecified atom stereocenters. The molecule has 0 aromatic heterocycles. The first-order chi connectivity index (χ1) is 13.6. The monoisotopic (exact) mass is 398 g/mol. The van der Waals surface area contributed by atoms with E-state index < -0.39 is 0 Å². The lowest BCUT2D eigenvalue weighted by molar-refractivity contribution is -0.188. The van der Waals surface area contributed by atoms with Crippen LogP contribution in [-0.4, -0.2) is 30.0 Å². The third-order valence-corrected chi connectivity index (χ3v) is 5.24. The summed E-state index contributed by atoms with van der Waals surface area (Å²) in [7, 11) is 0. The average molecular weight is 399 g/mol. The van der Waals surface area contributed by atoms with Crippen LogP contribution in [0.5, 0.6) is 0 Å². The van der Waals surface area contributed by atoms with Crippen molar-refractivity contribution in [3.05, 3.63) is 0 Å². The number of hydrogen-bond acceptors (Lipinski definition) is 4. The Balaban J connectivity index is 3.18. The molecule has 0 aliphatic heterocycles. The van der Waals surface area contributed by atoms with Crippen LogP contribution in [0.15, 0.2) is 0 Å². The van der Waals surface area contributed by atoms with Gasteiger partial charge in [-0.15, -0.1) is 5.06 Å². The maximum atomic E-state index is 11.7. The Labute approximate surface area is 173 Å². The standard InChI is InChI=1S/C23H46N2O3/c1-3-25(4-2)28-23(27)21-19-17-15-13-11-9-7-5-6-8-10-12-14-16-18-20-22(24)26/h3-21H2,1-2H3,(H2,24,26). The zero-order valence-electron chi connectivity index (χ0n) is 18.7. The SMILES string of the molecule is CCN(CC)OC(=O)CCCCCCCCCCCCCCCCCC(N)=O. The van der Waals surface area contributed by atoms with E-state index in [4.69, 9.17) is 10.6 Å². The molecule has 0 saturated heterocycles. The van der Waals surface area contributed by atoms with Crippen molar-refractivity contribution in [1.29, 1.82) is 0 Å². The van der Waals surface area contributed by atoms with Crippen LogP contribution >= 0.6 is 0 Å². The Morgan fingerprint density at radius 1 is 0.607 bits per heavy atom. The summed E-state index contributed by atoms with van der Waals surface area (Å²) in [5, 5.41) is 1.70. The number of primary amides is 1. The Hall–Kier alpha value is -1.10. The molecule has 166 valence electrons. The van der Waals surface area contributed by atoms with E-state index in [9.17, 15) is 9.59 Å². The molecular formula is C23H46N2O3. The normalized spacial score (nSPS) is 11.1. The van der Waals surface area contributed by atoms with Crippen molar-refractivity contribution in [3.63, 3.8) is 0 Å². The highest BCUT2D eigenvalue weighted by molar-refractivity contribution is 5.73. The highest BCUT2D eigenvalue weighted by Crippen LogP contribution is 2.14. The Bertz CT molecular complexity index is 371. The van der Waals surface area contributed by atoms with Gasteiger partial charge in [-0.05, 0) is 26.7 Å². The molecule has 0 atom stereocenters. The van der Waals surface area contributed by atoms with Gasteiger partial charge < -0.3 is 10.6 Å². The van der Waals surface area contributed by atoms with Crippen molar-refractivity contribution in [2.24, 2.45) is 5.73 Å². The fraction of sp³-hybridized carbons (Fsp3) is 0.913. The predicted molar refractivity (Wildman–Crippen MR) is 117 cm³/mol. The molecule has 1 amide bonds. The lowest BCUT2D eigenvalue weighted by atomic mass is 10.0. The maximum absolute atomic E-state index is 11.7. The van der Waals surface area contributed by atoms with Crippen molar-refractivity contribution in [2.75, 3.05) is 13.1 Å². The molecule has 0 aromatic rings. The van der Waals surface area contributed by atoms with Crippen molar-refractivity contribution in [2.45, 2.75) is 123 Å². The third kappa shape index (κ3) is 19.7. The number of nitrogens with zero attached hydrogens (tertiary/aromatic N) is 1. The molecule has 0 saturated carbocycles. The van der Waals surface area contributed by atoms with Crippen LogP contribution in [0.2, 0.25) is 0 Å². The summed E-state index contributed by atoms with van der Waals surface area (Å²) in [6.07, 6.45) is 19.7. The van der Waals surface area contributed by atoms with Gasteiger partial charge in [0.05, 0.1) is 0 Å². The molecule has 0 aliphatic carbocycles. The van der Waals surface area contributed by atoms with E-state index in [1.54, 1.807) is 5.06 Å². The summed E-state index contributed by atoms with van der Waals surface area (Å²) in [6, 6.07) is 0. The molecule has 0 spiro atoms. The number of carbonyl (C=O) groups is 2. The van der Waals surface area contributed by atoms with Gasteiger partial charge in [0.1, 0.15) is 0 Å². The van der Waals surface area contributed by atoms with Crippen LogP contribution in [0.4, 0.5) is 0 Å². The molecule has 0 fully saturated rings. The fourth-order valence-electron chi connectivity index (χ4n) is 3.41. The molecule has 0 aliphatic rings. The molecule has 0 rings (SSSR count). The zero-order valence-corrected chi connectivity index (χ0v) is 18.7. The van der Waals surface area contributed by atoms with Gasteiger partial charge in [-0.3, -0.25) is 9.59 Å². The topological polar surface area (TPSA) is 72.6 Å². The predicted octanol–water partition coefficient (Wildman–Crippen LogP) is 5.90. The fourth-order valence-corrected chi connectivity index (χ4v) is 3.41. The number of hydrogen-bond donors (Lipinski definition) is 1. The second-order valence-corrected chi connectivity index (χ2v) is 7.85. The van der Waals surface area contributed by atoms with Crippen molar-refractivity contribution in [3.8, 4) is 0 Å². The highest BCUT2D eigenvalue weighted by atomic mass is 16.7. The number of hydroxylamine groups is 2. The molecule has 0 heterocycles. The summed E-state index contributed by atoms with van der Waals surface area (Å²) in [4.78, 5) is 27.5. The van der Waals surface area contributed by atoms with Gasteiger partial charge in [0.15, 0.2) is 0 Å². The number of rotatable bonds is 21. The number of nitrogens with two attached hydrogens (primary N) is 1. The van der Waals surface area contributed by atoms with Gasteiger partial charge in [0, 0.05) is 25.9 Å². The quantitative estimate of drug-likeness (QED) is 0.193. The second kappa shape index (κ2) is 20.6. The first-order valence-electron chi connectivity index (χ1n) is 11.8. The Kier molecular flexibility index (Phi) is 19.8. The second-order valence-electron chi connectivity index (χ2n) is 7.85. The maximum Gasteiger partial charge on any atom is 0.325 e. The van der Waals surface area contributed by atoms with E-state index in [1.807, 2.05) is 13.8 Å². The number of carbonyl (C=O) groups excluding carboxylic acids is 2. The molecule has 0 bridgehead atoms. The average Bonchev–Trinajstić information content (AvgIpc) is 2.68. The van der Waals surface area contributed by atoms with Gasteiger partial charge in [-0.25, -0.2) is 0 Å². The largest absolute Gasteiger partial charge is 0.370 e. The molecule has 28 heavy (non-hydrogen) atoms. The summed E-state index contributed by atoms with van der Waals surface area (Å²) >= 11 is 0. The summed E-state index contributed by atoms with van der Waals surface area (Å²) in [5.74, 6) is -0.259. The van der Waals surface area contributed by atoms with Crippen molar-refractivity contribution in [1.82, 2.24) is 5.06 Å². The van der Waals surface area contributed by atoms with Gasteiger partial charge in [-0.1, -0.05) is 83.5 Å². The van der Waals surface area contributed by atoms with Gasteiger partial charge >= 0.3 is 5.97 Å². The minimum absolute atomic E-state index is 0.0886. The third-order valence-electron chi connectivity index (χ3n) is 5.24. The summed E-state index contributed by atoms with van der Waals surface area (Å²) in [6.45, 7) is 5.49. The van der Waals surface area contributed by atoms with Crippen LogP contribution in [-0.2, 0) is 14.4 Å². The van der Waals surface area contributed by atoms with Crippen LogP contribution in [0, 0.1) is 0 Å². The van der Waals surface area contributed by atoms with E-state index in [2.05, 4.69) is 0 Å². The molecule has 0 radical (unpaired) electrons. The van der Waals surface area contributed by atoms with Crippen molar-refractivity contribution >= 4 is 11.9 Å². The van der Waals surface area contributed by atoms with Crippen LogP contribution in [0.3, 0.4) is 0 Å². The first kappa shape index (κ1) is 26.9. The minimum atomic E-state index is -0.171. The van der Waals surface area contributed by atoms with Crippen molar-refractivity contribution < 1.29 is 14.4 Å². The first-order valence-corrected chi connectivity index (χ1v) is 11.8. The molecular weight excluding hydrogens is 352 g/mol. The van der Waals surface area contributed by atoms with E-state index >= 15 is 0 Å². The van der Waals surface area contributed by atoms with Gasteiger partial charge in [0.25, 0.3) is 0 Å². The van der Waals surface area contributed by atoms with E-state index in [1.165, 1.54) is 70.6 Å². The van der Waals surface area contributed by atoms with E-state index in [0.717, 1.165) is 38.8 Å². The Morgan fingerprint density at radius 3 is 1.25 bits per heavy atom. The lowest BCUT2D eigenvalue weighted by Crippen LogP contribution is -2.26. The summed E-state index contributed by atoms with van der Waals surface area (Å²) < 4.78 is 0. The highest BCUT2D eigenvalue weighted by Gasteiger charge is 2.07. The molecule has 5 nitrogen and oxygen atoms in total. The zero-order chi connectivity index (χ0) is 20.9. The van der Waals surface area contributed by atoms with Gasteiger partial charge in [-0.2, -0.15) is 0 Å². The minimum Gasteiger partial charge on any atom is -0.370 e. The van der Waals surface area contributed by atoms with E-state index in [-0.39, 0.29) is 11.9 Å². The van der Waals surface area contributed by atoms with Crippen LogP contribution in [0.1, 0.15) is 123 Å². The molecule has 5 heteroatoms. The number of unbranched alkanes of at least 4 members (excludes halogenated alkanes) is 14. The molecule has 0 aromatic carbocycles. The van der Waals surface area contributed by atoms with Crippen LogP contribution in [0.25, 0.3) is 0 Å². The van der Waals surface area contributed by atoms with Crippen LogP contribution < -0.4 is 5.73 Å². The van der Waals surface area contributed by atoms with Gasteiger partial charge in [0.2, 0.25) is 5.91 Å². The molecule has 2 N–H and O–H groups in total. The summed E-state index contributed by atoms with van der Waals surface area (Å²) in [5.41, 5.74) is 5.13. The van der Waals surface area contributed by atoms with E-state index in [0.29, 0.717) is 12.8 Å². The Morgan fingerprint density at radius 2 is 0.929 bits per heavy atom. The number of amides is 1.